The van der Waals surface area contributed by atoms with Crippen molar-refractivity contribution in [3.63, 3.8) is 0 Å². The molecule has 1 fully saturated rings. The highest BCUT2D eigenvalue weighted by atomic mass is 32.2. The van der Waals surface area contributed by atoms with Gasteiger partial charge in [0.25, 0.3) is 0 Å². The van der Waals surface area contributed by atoms with Crippen molar-refractivity contribution < 1.29 is 8.42 Å². The molecule has 2 rings (SSSR count). The van der Waals surface area contributed by atoms with Crippen LogP contribution in [0.5, 0.6) is 0 Å². The molecule has 0 unspecified atom stereocenters. The molecule has 0 aromatic carbocycles. The van der Waals surface area contributed by atoms with Crippen molar-refractivity contribution in [1.82, 2.24) is 9.62 Å². The summed E-state index contributed by atoms with van der Waals surface area (Å²) in [5.74, 6) is 1.95. The fourth-order valence-corrected chi connectivity index (χ4v) is 5.80. The Labute approximate surface area is 130 Å². The van der Waals surface area contributed by atoms with E-state index in [0.29, 0.717) is 18.0 Å². The van der Waals surface area contributed by atoms with E-state index >= 15 is 0 Å². The highest BCUT2D eigenvalue weighted by Crippen LogP contribution is 2.24. The minimum Gasteiger partial charge on any atom is -0.312 e. The van der Waals surface area contributed by atoms with Crippen molar-refractivity contribution in [2.24, 2.45) is 0 Å². The van der Waals surface area contributed by atoms with Gasteiger partial charge in [0.2, 0.25) is 10.0 Å². The first-order valence-electron chi connectivity index (χ1n) is 7.00. The molecule has 20 heavy (non-hydrogen) atoms. The molecular weight excluding hydrogens is 312 g/mol. The fourth-order valence-electron chi connectivity index (χ4n) is 2.09. The van der Waals surface area contributed by atoms with Crippen LogP contribution in [0.15, 0.2) is 16.3 Å². The zero-order chi connectivity index (χ0) is 14.4. The standard InChI is InChI=1S/C13H22N2O2S3/c1-2-4-14-10-12-9-13(11-19-12)20(16,17)15-5-3-7-18-8-6-15/h9,11,14H,2-8,10H2,1H3. The molecule has 7 heteroatoms. The van der Waals surface area contributed by atoms with Crippen molar-refractivity contribution >= 4 is 33.1 Å². The maximum atomic E-state index is 12.6. The van der Waals surface area contributed by atoms with Crippen LogP contribution in [0.4, 0.5) is 0 Å². The van der Waals surface area contributed by atoms with Crippen LogP contribution in [0.1, 0.15) is 24.6 Å². The maximum Gasteiger partial charge on any atom is 0.243 e. The van der Waals surface area contributed by atoms with Gasteiger partial charge in [0.15, 0.2) is 0 Å². The molecular formula is C13H22N2O2S3. The molecule has 1 aliphatic heterocycles. The topological polar surface area (TPSA) is 49.4 Å². The van der Waals surface area contributed by atoms with Gasteiger partial charge in [-0.25, -0.2) is 8.42 Å². The summed E-state index contributed by atoms with van der Waals surface area (Å²) in [6.07, 6.45) is 2.03. The largest absolute Gasteiger partial charge is 0.312 e. The van der Waals surface area contributed by atoms with Gasteiger partial charge >= 0.3 is 0 Å². The summed E-state index contributed by atoms with van der Waals surface area (Å²) < 4.78 is 26.8. The quantitative estimate of drug-likeness (QED) is 0.812. The van der Waals surface area contributed by atoms with E-state index in [4.69, 9.17) is 0 Å². The van der Waals surface area contributed by atoms with Gasteiger partial charge in [0.1, 0.15) is 0 Å². The smallest absolute Gasteiger partial charge is 0.243 e. The van der Waals surface area contributed by atoms with Crippen LogP contribution in [0.2, 0.25) is 0 Å². The minimum absolute atomic E-state index is 0.461. The SMILES string of the molecule is CCCNCc1cc(S(=O)(=O)N2CCCSCC2)cs1. The lowest BCUT2D eigenvalue weighted by molar-refractivity contribution is 0.435. The molecule has 0 bridgehead atoms. The van der Waals surface area contributed by atoms with Crippen LogP contribution >= 0.6 is 23.1 Å². The van der Waals surface area contributed by atoms with Gasteiger partial charge in [0.05, 0.1) is 4.90 Å². The number of nitrogens with one attached hydrogen (secondary N) is 1. The summed E-state index contributed by atoms with van der Waals surface area (Å²) in [7, 11) is -3.29. The normalized spacial score (nSPS) is 18.1. The number of thioether (sulfide) groups is 1. The molecule has 1 aliphatic rings. The van der Waals surface area contributed by atoms with E-state index in [9.17, 15) is 8.42 Å². The van der Waals surface area contributed by atoms with Gasteiger partial charge in [-0.1, -0.05) is 6.92 Å². The molecule has 0 aliphatic carbocycles. The molecule has 0 amide bonds. The first-order valence-corrected chi connectivity index (χ1v) is 10.5. The molecule has 1 N–H and O–H groups in total. The number of hydrogen-bond acceptors (Lipinski definition) is 5. The Kier molecular flexibility index (Phi) is 6.35. The first kappa shape index (κ1) is 16.3. The summed E-state index contributed by atoms with van der Waals surface area (Å²) in [6, 6.07) is 1.82. The highest BCUT2D eigenvalue weighted by molar-refractivity contribution is 7.99. The third-order valence-corrected chi connectivity index (χ3v) is 7.19. The van der Waals surface area contributed by atoms with Crippen LogP contribution < -0.4 is 5.32 Å². The first-order chi connectivity index (χ1) is 9.64. The van der Waals surface area contributed by atoms with Gasteiger partial charge in [-0.15, -0.1) is 11.3 Å². The van der Waals surface area contributed by atoms with Crippen molar-refractivity contribution in [3.8, 4) is 0 Å². The fraction of sp³-hybridized carbons (Fsp3) is 0.692. The monoisotopic (exact) mass is 334 g/mol. The molecule has 0 saturated carbocycles. The molecule has 2 heterocycles. The van der Waals surface area contributed by atoms with E-state index in [0.717, 1.165) is 42.3 Å². The van der Waals surface area contributed by atoms with Crippen LogP contribution in [0.3, 0.4) is 0 Å². The van der Waals surface area contributed by atoms with E-state index in [1.165, 1.54) is 11.3 Å². The second-order valence-corrected chi connectivity index (χ2v) is 8.95. The third-order valence-electron chi connectivity index (χ3n) is 3.17. The molecule has 1 saturated heterocycles. The summed E-state index contributed by atoms with van der Waals surface area (Å²) in [6.45, 7) is 5.11. The van der Waals surface area contributed by atoms with Crippen molar-refractivity contribution in [2.75, 3.05) is 31.1 Å². The molecule has 1 aromatic heterocycles. The Balaban J connectivity index is 2.05. The second-order valence-electron chi connectivity index (χ2n) is 4.80. The summed E-state index contributed by atoms with van der Waals surface area (Å²) >= 11 is 3.36. The van der Waals surface area contributed by atoms with Gasteiger partial charge in [0, 0.05) is 35.6 Å². The Morgan fingerprint density at radius 3 is 3.00 bits per heavy atom. The second kappa shape index (κ2) is 7.79. The highest BCUT2D eigenvalue weighted by Gasteiger charge is 2.26. The van der Waals surface area contributed by atoms with Gasteiger partial charge in [-0.3, -0.25) is 0 Å². The third kappa shape index (κ3) is 4.21. The average Bonchev–Trinajstić information content (AvgIpc) is 2.73. The van der Waals surface area contributed by atoms with E-state index in [2.05, 4.69) is 12.2 Å². The maximum absolute atomic E-state index is 12.6. The summed E-state index contributed by atoms with van der Waals surface area (Å²) in [5.41, 5.74) is 0. The number of rotatable bonds is 6. The molecule has 0 atom stereocenters. The molecule has 0 spiro atoms. The number of hydrogen-bond donors (Lipinski definition) is 1. The number of thiophene rings is 1. The van der Waals surface area contributed by atoms with Crippen LogP contribution in [-0.4, -0.2) is 43.9 Å². The van der Waals surface area contributed by atoms with Gasteiger partial charge in [-0.05, 0) is 31.2 Å². The molecule has 4 nitrogen and oxygen atoms in total. The van der Waals surface area contributed by atoms with Crippen molar-refractivity contribution in [1.29, 1.82) is 0 Å². The Hall–Kier alpha value is -0.0800. The van der Waals surface area contributed by atoms with E-state index < -0.39 is 10.0 Å². The number of nitrogens with zero attached hydrogens (tertiary/aromatic N) is 1. The Morgan fingerprint density at radius 1 is 1.35 bits per heavy atom. The lowest BCUT2D eigenvalue weighted by Crippen LogP contribution is -2.32. The zero-order valence-electron chi connectivity index (χ0n) is 11.8. The minimum atomic E-state index is -3.29. The van der Waals surface area contributed by atoms with Crippen LogP contribution in [0, 0.1) is 0 Å². The van der Waals surface area contributed by atoms with E-state index in [-0.39, 0.29) is 0 Å². The Bertz CT molecular complexity index is 505. The summed E-state index contributed by atoms with van der Waals surface area (Å²) in [5, 5.41) is 5.08. The van der Waals surface area contributed by atoms with E-state index in [1.54, 1.807) is 9.69 Å². The summed E-state index contributed by atoms with van der Waals surface area (Å²) in [4.78, 5) is 1.55. The molecule has 0 radical (unpaired) electrons. The van der Waals surface area contributed by atoms with Crippen LogP contribution in [-0.2, 0) is 16.6 Å². The predicted octanol–water partition coefficient (Wildman–Crippen LogP) is 2.38. The van der Waals surface area contributed by atoms with Gasteiger partial charge < -0.3 is 5.32 Å². The van der Waals surface area contributed by atoms with Crippen LogP contribution in [0.25, 0.3) is 0 Å². The molecule has 1 aromatic rings. The lowest BCUT2D eigenvalue weighted by atomic mass is 10.4. The zero-order valence-corrected chi connectivity index (χ0v) is 14.2. The molecule has 114 valence electrons. The van der Waals surface area contributed by atoms with Crippen molar-refractivity contribution in [3.05, 3.63) is 16.3 Å². The van der Waals surface area contributed by atoms with E-state index in [1.807, 2.05) is 17.8 Å². The lowest BCUT2D eigenvalue weighted by Gasteiger charge is -2.18. The Morgan fingerprint density at radius 2 is 2.20 bits per heavy atom. The number of sulfonamides is 1. The predicted molar refractivity (Wildman–Crippen MR) is 87.0 cm³/mol. The average molecular weight is 335 g/mol. The van der Waals surface area contributed by atoms with Gasteiger partial charge in [-0.2, -0.15) is 16.1 Å². The van der Waals surface area contributed by atoms with Crippen molar-refractivity contribution in [2.45, 2.75) is 31.2 Å².